The molecule has 1 atom stereocenters. The van der Waals surface area contributed by atoms with Crippen LogP contribution in [0, 0.1) is 11.3 Å². The third kappa shape index (κ3) is 5.77. The van der Waals surface area contributed by atoms with E-state index in [-0.39, 0.29) is 5.92 Å². The highest BCUT2D eigenvalue weighted by atomic mass is 32.1. The Morgan fingerprint density at radius 2 is 2.00 bits per heavy atom. The van der Waals surface area contributed by atoms with E-state index < -0.39 is 0 Å². The van der Waals surface area contributed by atoms with Crippen LogP contribution in [0.3, 0.4) is 0 Å². The number of aromatic nitrogens is 2. The minimum absolute atomic E-state index is 0.0142. The minimum atomic E-state index is 0.0142. The van der Waals surface area contributed by atoms with Gasteiger partial charge >= 0.3 is 0 Å². The summed E-state index contributed by atoms with van der Waals surface area (Å²) in [4.78, 5) is 31.6. The van der Waals surface area contributed by atoms with Crippen LogP contribution in [-0.2, 0) is 17.6 Å². The first-order chi connectivity index (χ1) is 19.3. The number of thiophene rings is 1. The first-order valence-electron chi connectivity index (χ1n) is 13.9. The van der Waals surface area contributed by atoms with E-state index in [4.69, 9.17) is 15.9 Å². The number of anilines is 3. The Labute approximate surface area is 240 Å². The van der Waals surface area contributed by atoms with Gasteiger partial charge in [0.05, 0.1) is 18.2 Å². The summed E-state index contributed by atoms with van der Waals surface area (Å²) in [6.07, 6.45) is 7.27. The summed E-state index contributed by atoms with van der Waals surface area (Å²) in [6, 6.07) is 4.06. The number of piperidine rings is 1. The number of nitrogens with one attached hydrogen (secondary N) is 2. The molecule has 0 radical (unpaired) electrons. The molecule has 1 fully saturated rings. The highest BCUT2D eigenvalue weighted by Gasteiger charge is 2.33. The van der Waals surface area contributed by atoms with Gasteiger partial charge in [-0.3, -0.25) is 4.79 Å². The molecule has 10 nitrogen and oxygen atoms in total. The van der Waals surface area contributed by atoms with Gasteiger partial charge in [0.2, 0.25) is 5.91 Å². The number of hydrogen-bond acceptors (Lipinski definition) is 10. The average molecular weight is 565 g/mol. The van der Waals surface area contributed by atoms with Gasteiger partial charge in [-0.1, -0.05) is 0 Å². The maximum Gasteiger partial charge on any atom is 0.226 e. The Morgan fingerprint density at radius 1 is 1.23 bits per heavy atom. The lowest BCUT2D eigenvalue weighted by molar-refractivity contribution is -0.137. The zero-order valence-electron chi connectivity index (χ0n) is 23.9. The Bertz CT molecular complexity index is 1380. The summed E-state index contributed by atoms with van der Waals surface area (Å²) in [6.45, 7) is 3.78. The molecule has 1 saturated heterocycles. The van der Waals surface area contributed by atoms with Crippen molar-refractivity contribution in [1.82, 2.24) is 24.7 Å². The smallest absolute Gasteiger partial charge is 0.226 e. The monoisotopic (exact) mass is 564 g/mol. The number of nitrogens with two attached hydrogens (primary N) is 1. The maximum atomic E-state index is 13.6. The van der Waals surface area contributed by atoms with Crippen LogP contribution in [0.25, 0.3) is 10.2 Å². The molecule has 1 aliphatic carbocycles. The molecule has 1 aromatic carbocycles. The van der Waals surface area contributed by atoms with Crippen molar-refractivity contribution in [2.75, 3.05) is 65.5 Å². The second-order valence-electron chi connectivity index (χ2n) is 11.1. The third-order valence-corrected chi connectivity index (χ3v) is 9.47. The normalized spacial score (nSPS) is 17.9. The van der Waals surface area contributed by atoms with Gasteiger partial charge in [0.25, 0.3) is 0 Å². The molecule has 1 aliphatic heterocycles. The van der Waals surface area contributed by atoms with Gasteiger partial charge < -0.3 is 35.9 Å². The second kappa shape index (κ2) is 12.1. The number of rotatable bonds is 9. The second-order valence-corrected chi connectivity index (χ2v) is 12.2. The van der Waals surface area contributed by atoms with E-state index in [0.717, 1.165) is 68.5 Å². The number of amides is 1. The molecule has 40 heavy (non-hydrogen) atoms. The quantitative estimate of drug-likeness (QED) is 0.266. The molecular formula is C29H40N8O2S. The zero-order valence-corrected chi connectivity index (χ0v) is 24.7. The number of likely N-dealkylation sites (N-methyl/N-ethyl adjacent to an activating group) is 2. The lowest BCUT2D eigenvalue weighted by atomic mass is 9.86. The summed E-state index contributed by atoms with van der Waals surface area (Å²) >= 11 is 1.66. The van der Waals surface area contributed by atoms with Crippen LogP contribution >= 0.6 is 11.3 Å². The molecule has 5 rings (SSSR count). The molecule has 0 bridgehead atoms. The van der Waals surface area contributed by atoms with Crippen molar-refractivity contribution in [2.24, 2.45) is 5.92 Å². The number of fused-ring (bicyclic) bond motifs is 3. The molecule has 2 aromatic heterocycles. The van der Waals surface area contributed by atoms with Crippen LogP contribution in [0.2, 0.25) is 0 Å². The molecule has 0 spiro atoms. The van der Waals surface area contributed by atoms with Gasteiger partial charge in [-0.25, -0.2) is 9.97 Å². The van der Waals surface area contributed by atoms with Crippen molar-refractivity contribution in [1.29, 1.82) is 5.41 Å². The average Bonchev–Trinajstić information content (AvgIpc) is 3.35. The SMILES string of the molecule is COc1cc(N)c(C=N)cc1Nc1ncnc2sc3c(c12)CCC(C(=O)N1CCC(N(C)CCN(C)C)CC1)C3. The van der Waals surface area contributed by atoms with E-state index in [2.05, 4.69) is 51.1 Å². The Balaban J connectivity index is 1.29. The summed E-state index contributed by atoms with van der Waals surface area (Å²) in [7, 11) is 8.01. The molecule has 1 unspecified atom stereocenters. The van der Waals surface area contributed by atoms with Gasteiger partial charge in [-0.15, -0.1) is 11.3 Å². The molecule has 0 saturated carbocycles. The van der Waals surface area contributed by atoms with E-state index in [1.165, 1.54) is 16.7 Å². The first kappa shape index (κ1) is 28.3. The van der Waals surface area contributed by atoms with Crippen molar-refractivity contribution < 1.29 is 9.53 Å². The van der Waals surface area contributed by atoms with Crippen molar-refractivity contribution in [3.05, 3.63) is 34.5 Å². The molecule has 214 valence electrons. The lowest BCUT2D eigenvalue weighted by Crippen LogP contribution is -2.48. The summed E-state index contributed by atoms with van der Waals surface area (Å²) in [5.41, 5.74) is 9.06. The lowest BCUT2D eigenvalue weighted by Gasteiger charge is -2.38. The molecule has 3 heterocycles. The zero-order chi connectivity index (χ0) is 28.4. The van der Waals surface area contributed by atoms with Gasteiger partial charge in [-0.2, -0.15) is 0 Å². The van der Waals surface area contributed by atoms with E-state index in [1.54, 1.807) is 36.9 Å². The van der Waals surface area contributed by atoms with Gasteiger partial charge in [-0.05, 0) is 64.9 Å². The number of likely N-dealkylation sites (tertiary alicyclic amines) is 1. The molecule has 2 aliphatic rings. The number of nitrogen functional groups attached to an aromatic ring is 1. The van der Waals surface area contributed by atoms with E-state index in [0.29, 0.717) is 40.5 Å². The predicted octanol–water partition coefficient (Wildman–Crippen LogP) is 3.61. The topological polar surface area (TPSA) is 124 Å². The largest absolute Gasteiger partial charge is 0.494 e. The van der Waals surface area contributed by atoms with Crippen LogP contribution < -0.4 is 15.8 Å². The number of aryl methyl sites for hydroxylation is 1. The fourth-order valence-electron chi connectivity index (χ4n) is 5.87. The third-order valence-electron chi connectivity index (χ3n) is 8.31. The van der Waals surface area contributed by atoms with Crippen LogP contribution in [0.5, 0.6) is 5.75 Å². The van der Waals surface area contributed by atoms with Crippen molar-refractivity contribution >= 4 is 50.9 Å². The summed E-state index contributed by atoms with van der Waals surface area (Å²) < 4.78 is 5.54. The van der Waals surface area contributed by atoms with E-state index >= 15 is 0 Å². The number of carbonyl (C=O) groups is 1. The van der Waals surface area contributed by atoms with Crippen LogP contribution in [0.4, 0.5) is 17.2 Å². The van der Waals surface area contributed by atoms with Gasteiger partial charge in [0.1, 0.15) is 22.7 Å². The van der Waals surface area contributed by atoms with E-state index in [1.807, 2.05) is 0 Å². The Kier molecular flexibility index (Phi) is 8.53. The van der Waals surface area contributed by atoms with E-state index in [9.17, 15) is 4.79 Å². The van der Waals surface area contributed by atoms with Crippen LogP contribution in [0.15, 0.2) is 18.5 Å². The maximum absolute atomic E-state index is 13.6. The van der Waals surface area contributed by atoms with Crippen LogP contribution in [-0.4, -0.2) is 97.3 Å². The molecule has 1 amide bonds. The van der Waals surface area contributed by atoms with Crippen molar-refractivity contribution in [3.8, 4) is 5.75 Å². The van der Waals surface area contributed by atoms with Crippen LogP contribution in [0.1, 0.15) is 35.3 Å². The fraction of sp³-hybridized carbons (Fsp3) is 0.517. The molecule has 11 heteroatoms. The molecular weight excluding hydrogens is 524 g/mol. The highest BCUT2D eigenvalue weighted by Crippen LogP contribution is 2.42. The predicted molar refractivity (Wildman–Crippen MR) is 162 cm³/mol. The number of nitrogens with zero attached hydrogens (tertiary/aromatic N) is 5. The highest BCUT2D eigenvalue weighted by molar-refractivity contribution is 7.19. The number of ether oxygens (including phenoxy) is 1. The van der Waals surface area contributed by atoms with Gasteiger partial charge in [0, 0.05) is 66.5 Å². The molecule has 4 N–H and O–H groups in total. The summed E-state index contributed by atoms with van der Waals surface area (Å²) in [5.74, 6) is 1.59. The number of carbonyl (C=O) groups excluding carboxylic acids is 1. The minimum Gasteiger partial charge on any atom is -0.494 e. The molecule has 3 aromatic rings. The number of benzene rings is 1. The number of hydrogen-bond donors (Lipinski definition) is 3. The van der Waals surface area contributed by atoms with Crippen molar-refractivity contribution in [3.63, 3.8) is 0 Å². The van der Waals surface area contributed by atoms with Gasteiger partial charge in [0.15, 0.2) is 0 Å². The standard InChI is InChI=1S/C29H40N8O2S/c1-35(2)11-12-36(3)20-7-9-37(10-8-20)29(38)18-5-6-21-25(14-18)40-28-26(21)27(32-17-33-28)34-23-13-19(16-30)22(31)15-24(23)39-4/h13,15-18,20,30H,5-12,14,31H2,1-4H3,(H,32,33,34). The van der Waals surface area contributed by atoms with Crippen molar-refractivity contribution in [2.45, 2.75) is 38.1 Å². The number of methoxy groups -OCH3 is 1. The summed E-state index contributed by atoms with van der Waals surface area (Å²) in [5, 5.41) is 12.1. The first-order valence-corrected chi connectivity index (χ1v) is 14.7. The fourth-order valence-corrected chi connectivity index (χ4v) is 7.14. The Hall–Kier alpha value is -3.28. The Morgan fingerprint density at radius 3 is 2.70 bits per heavy atom.